The van der Waals surface area contributed by atoms with Crippen molar-refractivity contribution in [2.45, 2.75) is 30.6 Å². The lowest BCUT2D eigenvalue weighted by Gasteiger charge is -2.17. The summed E-state index contributed by atoms with van der Waals surface area (Å²) < 4.78 is 41.8. The Kier molecular flexibility index (Phi) is 6.01. The molecule has 0 aromatic heterocycles. The number of alkyl halides is 1. The fourth-order valence-corrected chi connectivity index (χ4v) is 4.20. The predicted octanol–water partition coefficient (Wildman–Crippen LogP) is 3.92. The molecule has 0 saturated carbocycles. The second-order valence-corrected chi connectivity index (χ2v) is 8.42. The molecule has 8 heteroatoms. The second-order valence-electron chi connectivity index (χ2n) is 6.36. The highest BCUT2D eigenvalue weighted by atomic mass is 35.5. The Hall–Kier alpha value is -2.12. The zero-order valence-electron chi connectivity index (χ0n) is 14.6. The summed E-state index contributed by atoms with van der Waals surface area (Å²) in [7, 11) is -3.83. The molecular formula is C19H20ClFN2O3S. The molecular weight excluding hydrogens is 391 g/mol. The van der Waals surface area contributed by atoms with E-state index in [2.05, 4.69) is 4.72 Å². The molecule has 1 heterocycles. The molecule has 1 fully saturated rings. The van der Waals surface area contributed by atoms with Gasteiger partial charge in [0, 0.05) is 24.9 Å². The van der Waals surface area contributed by atoms with Crippen molar-refractivity contribution in [1.82, 2.24) is 0 Å². The highest BCUT2D eigenvalue weighted by molar-refractivity contribution is 7.92. The van der Waals surface area contributed by atoms with Gasteiger partial charge >= 0.3 is 0 Å². The maximum absolute atomic E-state index is 14.4. The van der Waals surface area contributed by atoms with Gasteiger partial charge in [-0.15, -0.1) is 11.6 Å². The van der Waals surface area contributed by atoms with Gasteiger partial charge in [0.2, 0.25) is 5.91 Å². The van der Waals surface area contributed by atoms with Crippen molar-refractivity contribution in [2.75, 3.05) is 22.0 Å². The molecule has 1 aliphatic heterocycles. The normalized spacial score (nSPS) is 14.6. The van der Waals surface area contributed by atoms with Crippen molar-refractivity contribution in [3.63, 3.8) is 0 Å². The van der Waals surface area contributed by atoms with Crippen LogP contribution in [0.3, 0.4) is 0 Å². The van der Waals surface area contributed by atoms with E-state index in [0.29, 0.717) is 25.3 Å². The number of sulfonamides is 1. The number of hydrogen-bond donors (Lipinski definition) is 1. The number of halogens is 2. The van der Waals surface area contributed by atoms with Crippen molar-refractivity contribution >= 4 is 38.9 Å². The Morgan fingerprint density at radius 2 is 1.89 bits per heavy atom. The highest BCUT2D eigenvalue weighted by Gasteiger charge is 2.24. The van der Waals surface area contributed by atoms with E-state index in [1.54, 1.807) is 12.1 Å². The van der Waals surface area contributed by atoms with Gasteiger partial charge in [0.15, 0.2) is 0 Å². The van der Waals surface area contributed by atoms with E-state index in [1.807, 2.05) is 0 Å². The van der Waals surface area contributed by atoms with Gasteiger partial charge in [-0.2, -0.15) is 0 Å². The summed E-state index contributed by atoms with van der Waals surface area (Å²) in [5, 5.41) is 0. The van der Waals surface area contributed by atoms with E-state index in [-0.39, 0.29) is 22.2 Å². The van der Waals surface area contributed by atoms with Gasteiger partial charge in [-0.1, -0.05) is 12.1 Å². The van der Waals surface area contributed by atoms with Gasteiger partial charge in [-0.3, -0.25) is 9.52 Å². The van der Waals surface area contributed by atoms with Crippen LogP contribution < -0.4 is 9.62 Å². The third kappa shape index (κ3) is 4.59. The van der Waals surface area contributed by atoms with Gasteiger partial charge in [-0.25, -0.2) is 12.8 Å². The minimum atomic E-state index is -3.83. The first-order chi connectivity index (χ1) is 12.9. The number of carbonyl (C=O) groups excluding carboxylic acids is 1. The lowest BCUT2D eigenvalue weighted by Crippen LogP contribution is -2.24. The van der Waals surface area contributed by atoms with Gasteiger partial charge < -0.3 is 4.90 Å². The van der Waals surface area contributed by atoms with E-state index < -0.39 is 15.8 Å². The molecule has 0 aliphatic carbocycles. The van der Waals surface area contributed by atoms with Crippen LogP contribution in [0.25, 0.3) is 0 Å². The van der Waals surface area contributed by atoms with E-state index in [9.17, 15) is 17.6 Å². The van der Waals surface area contributed by atoms with Crippen molar-refractivity contribution in [3.05, 3.63) is 53.8 Å². The fourth-order valence-electron chi connectivity index (χ4n) is 3.01. The number of rotatable bonds is 7. The number of nitrogens with zero attached hydrogens (tertiary/aromatic N) is 1. The summed E-state index contributed by atoms with van der Waals surface area (Å²) in [4.78, 5) is 13.2. The molecule has 0 atom stereocenters. The molecule has 0 unspecified atom stereocenters. The summed E-state index contributed by atoms with van der Waals surface area (Å²) in [6.45, 7) is 0.469. The number of nitrogens with one attached hydrogen (secondary N) is 1. The maximum Gasteiger partial charge on any atom is 0.261 e. The van der Waals surface area contributed by atoms with Gasteiger partial charge in [0.05, 0.1) is 16.3 Å². The van der Waals surface area contributed by atoms with E-state index >= 15 is 0 Å². The zero-order valence-corrected chi connectivity index (χ0v) is 16.2. The number of hydrogen-bond acceptors (Lipinski definition) is 3. The Morgan fingerprint density at radius 3 is 2.48 bits per heavy atom. The molecule has 0 bridgehead atoms. The summed E-state index contributed by atoms with van der Waals surface area (Å²) in [5.41, 5.74) is 1.28. The van der Waals surface area contributed by atoms with Crippen LogP contribution in [0.1, 0.15) is 24.8 Å². The molecule has 5 nitrogen and oxygen atoms in total. The average Bonchev–Trinajstić information content (AvgIpc) is 3.06. The van der Waals surface area contributed by atoms with Crippen LogP contribution in [-0.2, 0) is 21.2 Å². The first kappa shape index (κ1) is 19.6. The van der Waals surface area contributed by atoms with Gasteiger partial charge in [0.1, 0.15) is 5.82 Å². The molecule has 27 heavy (non-hydrogen) atoms. The smallest absolute Gasteiger partial charge is 0.261 e. The maximum atomic E-state index is 14.4. The topological polar surface area (TPSA) is 66.5 Å². The van der Waals surface area contributed by atoms with E-state index in [0.717, 1.165) is 24.5 Å². The third-order valence-corrected chi connectivity index (χ3v) is 6.06. The van der Waals surface area contributed by atoms with Gasteiger partial charge in [0.25, 0.3) is 10.0 Å². The Balaban J connectivity index is 1.75. The Bertz CT molecular complexity index is 932. The highest BCUT2D eigenvalue weighted by Crippen LogP contribution is 2.27. The molecule has 1 amide bonds. The fraction of sp³-hybridized carbons (Fsp3) is 0.316. The molecule has 0 radical (unpaired) electrons. The largest absolute Gasteiger partial charge is 0.310 e. The van der Waals surface area contributed by atoms with Crippen LogP contribution >= 0.6 is 11.6 Å². The summed E-state index contributed by atoms with van der Waals surface area (Å²) >= 11 is 5.66. The van der Waals surface area contributed by atoms with Crippen LogP contribution in [0.4, 0.5) is 15.8 Å². The third-order valence-electron chi connectivity index (χ3n) is 4.40. The van der Waals surface area contributed by atoms with E-state index in [4.69, 9.17) is 11.6 Å². The lowest BCUT2D eigenvalue weighted by molar-refractivity contribution is -0.117. The second kappa shape index (κ2) is 8.27. The molecule has 1 saturated heterocycles. The minimum absolute atomic E-state index is 0.0938. The Morgan fingerprint density at radius 1 is 1.15 bits per heavy atom. The van der Waals surface area contributed by atoms with Crippen LogP contribution in [0.2, 0.25) is 0 Å². The molecule has 2 aromatic carbocycles. The van der Waals surface area contributed by atoms with Crippen LogP contribution in [-0.4, -0.2) is 26.7 Å². The van der Waals surface area contributed by atoms with Crippen LogP contribution in [0.15, 0.2) is 47.4 Å². The monoisotopic (exact) mass is 410 g/mol. The molecule has 0 spiro atoms. The van der Waals surface area contributed by atoms with Crippen molar-refractivity contribution in [2.24, 2.45) is 0 Å². The number of carbonyl (C=O) groups is 1. The number of amides is 1. The first-order valence-corrected chi connectivity index (χ1v) is 10.7. The number of anilines is 2. The lowest BCUT2D eigenvalue weighted by atomic mass is 10.1. The SMILES string of the molecule is O=C1CCCN1c1ccc(NS(=O)(=O)c2ccc(CCCCl)cc2)cc1F. The quantitative estimate of drug-likeness (QED) is 0.703. The summed E-state index contributed by atoms with van der Waals surface area (Å²) in [5.74, 6) is -0.218. The molecule has 1 aliphatic rings. The molecule has 2 aromatic rings. The van der Waals surface area contributed by atoms with E-state index in [1.165, 1.54) is 29.2 Å². The molecule has 144 valence electrons. The standard InChI is InChI=1S/C19H20ClFN2O3S/c20-11-1-3-14-5-8-16(9-6-14)27(25,26)22-15-7-10-18(17(21)13-15)23-12-2-4-19(23)24/h5-10,13,22H,1-4,11-12H2. The molecule has 3 rings (SSSR count). The van der Waals surface area contributed by atoms with Gasteiger partial charge in [-0.05, 0) is 49.1 Å². The summed E-state index contributed by atoms with van der Waals surface area (Å²) in [6.07, 6.45) is 2.68. The predicted molar refractivity (Wildman–Crippen MR) is 104 cm³/mol. The molecule has 1 N–H and O–H groups in total. The van der Waals surface area contributed by atoms with Crippen molar-refractivity contribution < 1.29 is 17.6 Å². The number of benzene rings is 2. The Labute approximate surface area is 163 Å². The van der Waals surface area contributed by atoms with Crippen molar-refractivity contribution in [3.8, 4) is 0 Å². The summed E-state index contributed by atoms with van der Waals surface area (Å²) in [6, 6.07) is 10.5. The minimum Gasteiger partial charge on any atom is -0.310 e. The van der Waals surface area contributed by atoms with Crippen LogP contribution in [0.5, 0.6) is 0 Å². The average molecular weight is 411 g/mol. The van der Waals surface area contributed by atoms with Crippen LogP contribution in [0, 0.1) is 5.82 Å². The zero-order chi connectivity index (χ0) is 19.4. The number of aryl methyl sites for hydroxylation is 1. The first-order valence-electron chi connectivity index (χ1n) is 8.68. The van der Waals surface area contributed by atoms with Crippen molar-refractivity contribution in [1.29, 1.82) is 0 Å².